The van der Waals surface area contributed by atoms with Gasteiger partial charge >= 0.3 is 0 Å². The van der Waals surface area contributed by atoms with Crippen LogP contribution in [0.1, 0.15) is 51.6 Å². The largest absolute Gasteiger partial charge is 0.307 e. The van der Waals surface area contributed by atoms with Crippen LogP contribution in [0.15, 0.2) is 30.3 Å². The number of hydrogen-bond donors (Lipinski definition) is 1. The van der Waals surface area contributed by atoms with Crippen molar-refractivity contribution in [1.29, 1.82) is 0 Å². The van der Waals surface area contributed by atoms with E-state index in [-0.39, 0.29) is 0 Å². The molecule has 2 fully saturated rings. The molecule has 1 aromatic carbocycles. The third-order valence-electron chi connectivity index (χ3n) is 5.58. The minimum atomic E-state index is 0.463. The van der Waals surface area contributed by atoms with E-state index in [1.807, 2.05) is 0 Å². The molecule has 0 aromatic heterocycles. The van der Waals surface area contributed by atoms with Gasteiger partial charge < -0.3 is 10.2 Å². The van der Waals surface area contributed by atoms with Gasteiger partial charge in [-0.1, -0.05) is 36.8 Å². The predicted octanol–water partition coefficient (Wildman–Crippen LogP) is 3.85. The quantitative estimate of drug-likeness (QED) is 0.904. The van der Waals surface area contributed by atoms with Crippen LogP contribution in [0.2, 0.25) is 0 Å². The molecule has 0 amide bonds. The normalized spacial score (nSPS) is 31.3. The average molecular weight is 286 g/mol. The van der Waals surface area contributed by atoms with Crippen LogP contribution in [0.5, 0.6) is 0 Å². The summed E-state index contributed by atoms with van der Waals surface area (Å²) in [6.07, 6.45) is 4.23. The molecular weight excluding hydrogens is 256 g/mol. The molecule has 116 valence electrons. The lowest BCUT2D eigenvalue weighted by Crippen LogP contribution is -2.58. The molecule has 1 aromatic rings. The summed E-state index contributed by atoms with van der Waals surface area (Å²) < 4.78 is 0. The van der Waals surface area contributed by atoms with Crippen molar-refractivity contribution in [2.75, 3.05) is 13.1 Å². The standard InChI is InChI=1S/C19H30N2/c1-14(2)21-12-17-10-7-11-18(13-21)19(17)20-15(3)16-8-5-4-6-9-16/h4-6,8-9,14-15,17-20H,7,10-13H2,1-3H3/t15-,17?,18?,19?/m1/s1. The number of benzene rings is 1. The number of fused-ring (bicyclic) bond motifs is 2. The van der Waals surface area contributed by atoms with Gasteiger partial charge in [0.1, 0.15) is 0 Å². The maximum atomic E-state index is 3.97. The Morgan fingerprint density at radius 2 is 1.62 bits per heavy atom. The summed E-state index contributed by atoms with van der Waals surface area (Å²) in [6, 6.07) is 12.8. The fourth-order valence-corrected chi connectivity index (χ4v) is 4.29. The van der Waals surface area contributed by atoms with E-state index in [4.69, 9.17) is 0 Å². The van der Waals surface area contributed by atoms with Gasteiger partial charge in [-0.25, -0.2) is 0 Å². The van der Waals surface area contributed by atoms with Crippen molar-refractivity contribution in [1.82, 2.24) is 10.2 Å². The first-order valence-corrected chi connectivity index (χ1v) is 8.70. The molecule has 2 unspecified atom stereocenters. The molecule has 3 atom stereocenters. The Hall–Kier alpha value is -0.860. The topological polar surface area (TPSA) is 15.3 Å². The van der Waals surface area contributed by atoms with Crippen LogP contribution in [0.4, 0.5) is 0 Å². The average Bonchev–Trinajstić information content (AvgIpc) is 2.47. The van der Waals surface area contributed by atoms with Gasteiger partial charge in [0.05, 0.1) is 0 Å². The van der Waals surface area contributed by atoms with Gasteiger partial charge in [-0.05, 0) is 51.0 Å². The molecule has 1 heterocycles. The molecule has 2 aliphatic rings. The molecule has 1 saturated heterocycles. The Balaban J connectivity index is 1.68. The summed E-state index contributed by atoms with van der Waals surface area (Å²) in [5.74, 6) is 1.68. The zero-order valence-electron chi connectivity index (χ0n) is 13.8. The van der Waals surface area contributed by atoms with Crippen LogP contribution >= 0.6 is 0 Å². The van der Waals surface area contributed by atoms with E-state index < -0.39 is 0 Å². The molecule has 1 saturated carbocycles. The second kappa shape index (κ2) is 6.50. The summed E-state index contributed by atoms with van der Waals surface area (Å²) in [5, 5.41) is 3.97. The third-order valence-corrected chi connectivity index (χ3v) is 5.58. The molecule has 1 aliphatic heterocycles. The Kier molecular flexibility index (Phi) is 4.66. The first-order valence-electron chi connectivity index (χ1n) is 8.70. The van der Waals surface area contributed by atoms with Crippen LogP contribution in [-0.4, -0.2) is 30.1 Å². The fraction of sp³-hybridized carbons (Fsp3) is 0.684. The van der Waals surface area contributed by atoms with Gasteiger partial charge in [0, 0.05) is 31.2 Å². The molecule has 3 rings (SSSR count). The van der Waals surface area contributed by atoms with Gasteiger partial charge in [0.2, 0.25) is 0 Å². The van der Waals surface area contributed by atoms with Crippen molar-refractivity contribution >= 4 is 0 Å². The predicted molar refractivity (Wildman–Crippen MR) is 89.3 cm³/mol. The summed E-state index contributed by atoms with van der Waals surface area (Å²) in [5.41, 5.74) is 1.42. The van der Waals surface area contributed by atoms with Crippen molar-refractivity contribution in [3.63, 3.8) is 0 Å². The number of hydrogen-bond acceptors (Lipinski definition) is 2. The van der Waals surface area contributed by atoms with E-state index >= 15 is 0 Å². The van der Waals surface area contributed by atoms with E-state index in [1.165, 1.54) is 37.9 Å². The van der Waals surface area contributed by atoms with Crippen LogP contribution in [0.3, 0.4) is 0 Å². The SMILES string of the molecule is CC(C)N1CC2CCCC(C1)C2N[C@H](C)c1ccccc1. The van der Waals surface area contributed by atoms with Gasteiger partial charge in [-0.15, -0.1) is 0 Å². The Morgan fingerprint density at radius 3 is 2.19 bits per heavy atom. The van der Waals surface area contributed by atoms with E-state index in [9.17, 15) is 0 Å². The second-order valence-corrected chi connectivity index (χ2v) is 7.32. The molecule has 21 heavy (non-hydrogen) atoms. The van der Waals surface area contributed by atoms with Crippen molar-refractivity contribution < 1.29 is 0 Å². The Bertz CT molecular complexity index is 428. The molecule has 0 spiro atoms. The van der Waals surface area contributed by atoms with Crippen LogP contribution in [-0.2, 0) is 0 Å². The summed E-state index contributed by atoms with van der Waals surface area (Å²) >= 11 is 0. The third kappa shape index (κ3) is 3.32. The van der Waals surface area contributed by atoms with E-state index in [0.29, 0.717) is 18.1 Å². The van der Waals surface area contributed by atoms with Crippen LogP contribution < -0.4 is 5.32 Å². The number of rotatable bonds is 4. The lowest BCUT2D eigenvalue weighted by atomic mass is 9.73. The van der Waals surface area contributed by atoms with Gasteiger partial charge in [-0.3, -0.25) is 0 Å². The number of piperidine rings is 1. The Morgan fingerprint density at radius 1 is 1.00 bits per heavy atom. The fourth-order valence-electron chi connectivity index (χ4n) is 4.29. The smallest absolute Gasteiger partial charge is 0.0294 e. The molecule has 1 N–H and O–H groups in total. The highest BCUT2D eigenvalue weighted by atomic mass is 15.2. The van der Waals surface area contributed by atoms with E-state index in [0.717, 1.165) is 11.8 Å². The van der Waals surface area contributed by atoms with Crippen molar-refractivity contribution in [2.24, 2.45) is 11.8 Å². The molecule has 2 bridgehead atoms. The minimum absolute atomic E-state index is 0.463. The highest BCUT2D eigenvalue weighted by molar-refractivity contribution is 5.18. The molecule has 0 radical (unpaired) electrons. The van der Waals surface area contributed by atoms with Crippen molar-refractivity contribution in [3.8, 4) is 0 Å². The van der Waals surface area contributed by atoms with Crippen molar-refractivity contribution in [3.05, 3.63) is 35.9 Å². The van der Waals surface area contributed by atoms with Crippen LogP contribution in [0, 0.1) is 11.8 Å². The van der Waals surface area contributed by atoms with Crippen LogP contribution in [0.25, 0.3) is 0 Å². The maximum Gasteiger partial charge on any atom is 0.0294 e. The zero-order chi connectivity index (χ0) is 14.8. The van der Waals surface area contributed by atoms with Crippen molar-refractivity contribution in [2.45, 2.75) is 58.2 Å². The number of nitrogens with one attached hydrogen (secondary N) is 1. The van der Waals surface area contributed by atoms with Gasteiger partial charge in [-0.2, -0.15) is 0 Å². The molecular formula is C19H30N2. The number of likely N-dealkylation sites (tertiary alicyclic amines) is 1. The Labute approximate surface area is 129 Å². The number of nitrogens with zero attached hydrogens (tertiary/aromatic N) is 1. The summed E-state index contributed by atoms with van der Waals surface area (Å²) in [7, 11) is 0. The van der Waals surface area contributed by atoms with E-state index in [2.05, 4.69) is 61.3 Å². The zero-order valence-corrected chi connectivity index (χ0v) is 13.8. The highest BCUT2D eigenvalue weighted by Crippen LogP contribution is 2.36. The first-order chi connectivity index (χ1) is 10.1. The van der Waals surface area contributed by atoms with E-state index in [1.54, 1.807) is 0 Å². The lowest BCUT2D eigenvalue weighted by Gasteiger charge is -2.50. The molecule has 2 nitrogen and oxygen atoms in total. The monoisotopic (exact) mass is 286 g/mol. The maximum absolute atomic E-state index is 3.97. The summed E-state index contributed by atoms with van der Waals surface area (Å²) in [4.78, 5) is 2.69. The second-order valence-electron chi connectivity index (χ2n) is 7.32. The van der Waals surface area contributed by atoms with Gasteiger partial charge in [0.15, 0.2) is 0 Å². The first kappa shape index (κ1) is 15.1. The summed E-state index contributed by atoms with van der Waals surface area (Å²) in [6.45, 7) is 9.58. The molecule has 1 aliphatic carbocycles. The highest BCUT2D eigenvalue weighted by Gasteiger charge is 2.40. The van der Waals surface area contributed by atoms with Gasteiger partial charge in [0.25, 0.3) is 0 Å². The lowest BCUT2D eigenvalue weighted by molar-refractivity contribution is 0.0257. The minimum Gasteiger partial charge on any atom is -0.307 e. The molecule has 2 heteroatoms.